The van der Waals surface area contributed by atoms with Crippen LogP contribution < -0.4 is 16.6 Å². The largest absolute Gasteiger partial charge is 0.347 e. The fourth-order valence-electron chi connectivity index (χ4n) is 1.81. The smallest absolute Gasteiger partial charge is 0.251 e. The molecule has 0 aliphatic rings. The first kappa shape index (κ1) is 13.6. The first-order valence-electron chi connectivity index (χ1n) is 6.00. The van der Waals surface area contributed by atoms with Crippen LogP contribution in [-0.2, 0) is 6.54 Å². The van der Waals surface area contributed by atoms with Crippen molar-refractivity contribution in [2.24, 2.45) is 5.84 Å². The van der Waals surface area contributed by atoms with E-state index in [0.29, 0.717) is 12.1 Å². The Bertz CT molecular complexity index is 592. The number of carbonyl (C=O) groups excluding carboxylic acids is 1. The van der Waals surface area contributed by atoms with Gasteiger partial charge in [-0.2, -0.15) is 0 Å². The fraction of sp³-hybridized carbons (Fsp3) is 0.214. The summed E-state index contributed by atoms with van der Waals surface area (Å²) in [7, 11) is 0. The topological polar surface area (TPSA) is 67.2 Å². The Morgan fingerprint density at radius 3 is 2.63 bits per heavy atom. The highest BCUT2D eigenvalue weighted by atomic mass is 32.1. The first-order valence-corrected chi connectivity index (χ1v) is 6.88. The Balaban J connectivity index is 2.04. The van der Waals surface area contributed by atoms with E-state index < -0.39 is 0 Å². The Kier molecular flexibility index (Phi) is 4.19. The number of rotatable bonds is 4. The molecule has 100 valence electrons. The average molecular weight is 275 g/mol. The molecule has 1 amide bonds. The molecule has 0 spiro atoms. The molecule has 0 saturated carbocycles. The Hall–Kier alpha value is -1.85. The monoisotopic (exact) mass is 275 g/mol. The van der Waals surface area contributed by atoms with Crippen LogP contribution in [0.2, 0.25) is 0 Å². The molecule has 0 atom stereocenters. The van der Waals surface area contributed by atoms with Crippen molar-refractivity contribution >= 4 is 22.9 Å². The van der Waals surface area contributed by atoms with E-state index in [0.717, 1.165) is 11.3 Å². The molecule has 4 N–H and O–H groups in total. The van der Waals surface area contributed by atoms with E-state index >= 15 is 0 Å². The van der Waals surface area contributed by atoms with E-state index in [9.17, 15) is 4.79 Å². The Labute approximate surface area is 116 Å². The number of benzene rings is 1. The molecule has 0 unspecified atom stereocenters. The molecule has 0 bridgehead atoms. The third kappa shape index (κ3) is 3.13. The molecule has 0 fully saturated rings. The second-order valence-electron chi connectivity index (χ2n) is 4.38. The van der Waals surface area contributed by atoms with Crippen LogP contribution in [0.5, 0.6) is 0 Å². The van der Waals surface area contributed by atoms with Gasteiger partial charge in [-0.15, -0.1) is 11.3 Å². The minimum atomic E-state index is -0.0699. The van der Waals surface area contributed by atoms with Gasteiger partial charge in [-0.05, 0) is 54.6 Å². The molecular weight excluding hydrogens is 258 g/mol. The maximum Gasteiger partial charge on any atom is 0.251 e. The van der Waals surface area contributed by atoms with Crippen molar-refractivity contribution < 1.29 is 4.79 Å². The number of carbonyl (C=O) groups is 1. The highest BCUT2D eigenvalue weighted by Crippen LogP contribution is 2.17. The Morgan fingerprint density at radius 1 is 1.26 bits per heavy atom. The number of thiophene rings is 1. The highest BCUT2D eigenvalue weighted by Gasteiger charge is 2.08. The minimum absolute atomic E-state index is 0.0699. The minimum Gasteiger partial charge on any atom is -0.347 e. The normalized spacial score (nSPS) is 10.3. The second-order valence-corrected chi connectivity index (χ2v) is 5.38. The number of anilines is 1. The lowest BCUT2D eigenvalue weighted by atomic mass is 10.1. The van der Waals surface area contributed by atoms with Crippen molar-refractivity contribution in [2.75, 3.05) is 5.43 Å². The zero-order valence-corrected chi connectivity index (χ0v) is 11.8. The van der Waals surface area contributed by atoms with Crippen LogP contribution in [0.15, 0.2) is 29.6 Å². The van der Waals surface area contributed by atoms with Crippen molar-refractivity contribution in [3.05, 3.63) is 51.2 Å². The predicted octanol–water partition coefficient (Wildman–Crippen LogP) is 2.58. The van der Waals surface area contributed by atoms with E-state index in [2.05, 4.69) is 16.8 Å². The van der Waals surface area contributed by atoms with Gasteiger partial charge < -0.3 is 10.7 Å². The average Bonchev–Trinajstić information content (AvgIpc) is 2.81. The van der Waals surface area contributed by atoms with Crippen LogP contribution in [0.25, 0.3) is 0 Å². The third-order valence-corrected chi connectivity index (χ3v) is 4.04. The SMILES string of the molecule is Cc1cc(C(=O)NCc2sccc2C)ccc1NN. The van der Waals surface area contributed by atoms with Gasteiger partial charge in [0, 0.05) is 10.4 Å². The zero-order chi connectivity index (χ0) is 13.8. The van der Waals surface area contributed by atoms with E-state index in [1.807, 2.05) is 25.3 Å². The molecule has 4 nitrogen and oxygen atoms in total. The molecule has 0 radical (unpaired) electrons. The summed E-state index contributed by atoms with van der Waals surface area (Å²) in [5.41, 5.74) is 6.22. The lowest BCUT2D eigenvalue weighted by Crippen LogP contribution is -2.22. The molecule has 1 heterocycles. The third-order valence-electron chi connectivity index (χ3n) is 3.02. The molecule has 1 aromatic heterocycles. The molecule has 1 aromatic carbocycles. The van der Waals surface area contributed by atoms with E-state index in [1.165, 1.54) is 10.4 Å². The number of hydrogen-bond acceptors (Lipinski definition) is 4. The molecule has 2 rings (SSSR count). The summed E-state index contributed by atoms with van der Waals surface area (Å²) in [6, 6.07) is 7.45. The van der Waals surface area contributed by atoms with Gasteiger partial charge >= 0.3 is 0 Å². The van der Waals surface area contributed by atoms with Crippen LogP contribution in [0.3, 0.4) is 0 Å². The van der Waals surface area contributed by atoms with Gasteiger partial charge in [0.15, 0.2) is 0 Å². The van der Waals surface area contributed by atoms with Crippen molar-refractivity contribution in [2.45, 2.75) is 20.4 Å². The maximum atomic E-state index is 12.0. The second kappa shape index (κ2) is 5.86. The van der Waals surface area contributed by atoms with Gasteiger partial charge in [0.1, 0.15) is 0 Å². The van der Waals surface area contributed by atoms with Crippen LogP contribution in [0.4, 0.5) is 5.69 Å². The number of nitrogen functional groups attached to an aromatic ring is 1. The molecule has 2 aromatic rings. The highest BCUT2D eigenvalue weighted by molar-refractivity contribution is 7.10. The number of aryl methyl sites for hydroxylation is 2. The lowest BCUT2D eigenvalue weighted by molar-refractivity contribution is 0.0951. The van der Waals surface area contributed by atoms with Gasteiger partial charge in [0.05, 0.1) is 12.2 Å². The van der Waals surface area contributed by atoms with Crippen molar-refractivity contribution in [3.63, 3.8) is 0 Å². The van der Waals surface area contributed by atoms with Gasteiger partial charge in [-0.1, -0.05) is 0 Å². The molecule has 19 heavy (non-hydrogen) atoms. The Morgan fingerprint density at radius 2 is 2.05 bits per heavy atom. The number of hydrazine groups is 1. The summed E-state index contributed by atoms with van der Waals surface area (Å²) >= 11 is 1.65. The quantitative estimate of drug-likeness (QED) is 0.593. The summed E-state index contributed by atoms with van der Waals surface area (Å²) < 4.78 is 0. The number of hydrogen-bond donors (Lipinski definition) is 3. The molecule has 0 saturated heterocycles. The van der Waals surface area contributed by atoms with Crippen LogP contribution in [-0.4, -0.2) is 5.91 Å². The molecule has 0 aliphatic carbocycles. The summed E-state index contributed by atoms with van der Waals surface area (Å²) in [5.74, 6) is 5.30. The van der Waals surface area contributed by atoms with Gasteiger partial charge in [-0.3, -0.25) is 10.6 Å². The van der Waals surface area contributed by atoms with Crippen LogP contribution in [0.1, 0.15) is 26.4 Å². The number of nitrogens with one attached hydrogen (secondary N) is 2. The van der Waals surface area contributed by atoms with Crippen LogP contribution in [0, 0.1) is 13.8 Å². The van der Waals surface area contributed by atoms with E-state index in [-0.39, 0.29) is 5.91 Å². The zero-order valence-electron chi connectivity index (χ0n) is 11.0. The first-order chi connectivity index (χ1) is 9.11. The molecule has 5 heteroatoms. The number of nitrogens with two attached hydrogens (primary N) is 1. The lowest BCUT2D eigenvalue weighted by Gasteiger charge is -2.08. The predicted molar refractivity (Wildman–Crippen MR) is 79.2 cm³/mol. The van der Waals surface area contributed by atoms with Crippen molar-refractivity contribution in [1.29, 1.82) is 0 Å². The van der Waals surface area contributed by atoms with E-state index in [1.54, 1.807) is 23.5 Å². The summed E-state index contributed by atoms with van der Waals surface area (Å²) in [6.45, 7) is 4.53. The van der Waals surface area contributed by atoms with E-state index in [4.69, 9.17) is 5.84 Å². The summed E-state index contributed by atoms with van der Waals surface area (Å²) in [6.07, 6.45) is 0. The van der Waals surface area contributed by atoms with Crippen molar-refractivity contribution in [1.82, 2.24) is 5.32 Å². The fourth-order valence-corrected chi connectivity index (χ4v) is 2.66. The summed E-state index contributed by atoms with van der Waals surface area (Å²) in [4.78, 5) is 13.2. The van der Waals surface area contributed by atoms with Crippen LogP contribution >= 0.6 is 11.3 Å². The van der Waals surface area contributed by atoms with Crippen molar-refractivity contribution in [3.8, 4) is 0 Å². The van der Waals surface area contributed by atoms with Gasteiger partial charge in [0.25, 0.3) is 5.91 Å². The van der Waals surface area contributed by atoms with Gasteiger partial charge in [0.2, 0.25) is 0 Å². The molecule has 0 aliphatic heterocycles. The standard InChI is InChI=1S/C14H17N3OS/c1-9-5-6-19-13(9)8-16-14(18)11-3-4-12(17-15)10(2)7-11/h3-7,17H,8,15H2,1-2H3,(H,16,18). The maximum absolute atomic E-state index is 12.0. The summed E-state index contributed by atoms with van der Waals surface area (Å²) in [5, 5.41) is 4.96. The number of amides is 1. The van der Waals surface area contributed by atoms with Gasteiger partial charge in [-0.25, -0.2) is 0 Å². The molecular formula is C14H17N3OS.